The summed E-state index contributed by atoms with van der Waals surface area (Å²) in [5, 5.41) is 0. The molecule has 0 radical (unpaired) electrons. The van der Waals surface area contributed by atoms with Gasteiger partial charge in [-0.05, 0) is 43.7 Å². The quantitative estimate of drug-likeness (QED) is 0.834. The van der Waals surface area contributed by atoms with Crippen molar-refractivity contribution in [1.29, 1.82) is 0 Å². The van der Waals surface area contributed by atoms with Crippen LogP contribution in [0.1, 0.15) is 16.7 Å². The Morgan fingerprint density at radius 3 is 2.29 bits per heavy atom. The van der Waals surface area contributed by atoms with Crippen molar-refractivity contribution >= 4 is 16.5 Å². The fourth-order valence-corrected chi connectivity index (χ4v) is 3.18. The number of hydrogen-bond acceptors (Lipinski definition) is 3. The average molecular weight is 303 g/mol. The van der Waals surface area contributed by atoms with E-state index >= 15 is 0 Å². The molecule has 1 unspecified atom stereocenters. The summed E-state index contributed by atoms with van der Waals surface area (Å²) in [5.74, 6) is 1.86. The molecule has 0 fully saturated rings. The summed E-state index contributed by atoms with van der Waals surface area (Å²) in [5.41, 5.74) is 9.86. The van der Waals surface area contributed by atoms with Crippen LogP contribution in [0.25, 0.3) is 0 Å². The molecule has 21 heavy (non-hydrogen) atoms. The van der Waals surface area contributed by atoms with Gasteiger partial charge in [0.15, 0.2) is 0 Å². The van der Waals surface area contributed by atoms with Crippen molar-refractivity contribution in [1.82, 2.24) is 0 Å². The van der Waals surface area contributed by atoms with Gasteiger partial charge in [-0.25, -0.2) is 0 Å². The van der Waals surface area contributed by atoms with E-state index in [0.717, 1.165) is 11.3 Å². The molecule has 0 saturated heterocycles. The molecular formula is C17H21NO2S. The van der Waals surface area contributed by atoms with E-state index in [9.17, 15) is 4.21 Å². The molecule has 0 amide bonds. The first-order valence-electron chi connectivity index (χ1n) is 6.93. The fourth-order valence-electron chi connectivity index (χ4n) is 2.23. The van der Waals surface area contributed by atoms with Crippen LogP contribution in [0.15, 0.2) is 42.5 Å². The molecule has 4 heteroatoms. The molecule has 0 aromatic heterocycles. The smallest absolute Gasteiger partial charge is 0.119 e. The fraction of sp³-hybridized carbons (Fsp3) is 0.294. The summed E-state index contributed by atoms with van der Waals surface area (Å²) in [6.07, 6.45) is 0. The molecule has 3 nitrogen and oxygen atoms in total. The van der Waals surface area contributed by atoms with E-state index in [1.807, 2.05) is 12.1 Å². The Labute approximate surface area is 128 Å². The van der Waals surface area contributed by atoms with Gasteiger partial charge in [-0.2, -0.15) is 0 Å². The SMILES string of the molecule is Cc1cc(C)cc(CS(=O)CCOc2ccc(N)cc2)c1. The van der Waals surface area contributed by atoms with Gasteiger partial charge in [-0.3, -0.25) is 4.21 Å². The molecule has 1 atom stereocenters. The molecule has 0 heterocycles. The third kappa shape index (κ3) is 5.23. The van der Waals surface area contributed by atoms with Crippen LogP contribution in [0.2, 0.25) is 0 Å². The highest BCUT2D eigenvalue weighted by Crippen LogP contribution is 2.14. The zero-order chi connectivity index (χ0) is 15.2. The van der Waals surface area contributed by atoms with E-state index < -0.39 is 10.8 Å². The molecule has 112 valence electrons. The van der Waals surface area contributed by atoms with Gasteiger partial charge in [0, 0.05) is 22.2 Å². The summed E-state index contributed by atoms with van der Waals surface area (Å²) in [6, 6.07) is 13.5. The Kier molecular flexibility index (Phi) is 5.39. The third-order valence-corrected chi connectivity index (χ3v) is 4.35. The van der Waals surface area contributed by atoms with Gasteiger partial charge in [0.25, 0.3) is 0 Å². The second-order valence-corrected chi connectivity index (χ2v) is 6.78. The highest BCUT2D eigenvalue weighted by molar-refractivity contribution is 7.84. The molecule has 0 aliphatic carbocycles. The predicted molar refractivity (Wildman–Crippen MR) is 89.0 cm³/mol. The van der Waals surface area contributed by atoms with Crippen LogP contribution in [0.5, 0.6) is 5.75 Å². The highest BCUT2D eigenvalue weighted by Gasteiger charge is 2.04. The Balaban J connectivity index is 1.80. The largest absolute Gasteiger partial charge is 0.493 e. The zero-order valence-corrected chi connectivity index (χ0v) is 13.3. The highest BCUT2D eigenvalue weighted by atomic mass is 32.2. The lowest BCUT2D eigenvalue weighted by atomic mass is 10.1. The lowest BCUT2D eigenvalue weighted by Gasteiger charge is -2.08. The first-order valence-corrected chi connectivity index (χ1v) is 8.42. The summed E-state index contributed by atoms with van der Waals surface area (Å²) >= 11 is 0. The predicted octanol–water partition coefficient (Wildman–Crippen LogP) is 3.21. The topological polar surface area (TPSA) is 52.3 Å². The van der Waals surface area contributed by atoms with Crippen molar-refractivity contribution in [2.24, 2.45) is 0 Å². The Bertz CT molecular complexity index is 603. The van der Waals surface area contributed by atoms with E-state index in [0.29, 0.717) is 23.8 Å². The number of nitrogen functional groups attached to an aromatic ring is 1. The third-order valence-electron chi connectivity index (χ3n) is 3.07. The van der Waals surface area contributed by atoms with Crippen LogP contribution in [0.3, 0.4) is 0 Å². The summed E-state index contributed by atoms with van der Waals surface area (Å²) < 4.78 is 17.7. The van der Waals surface area contributed by atoms with Gasteiger partial charge in [0.05, 0.1) is 12.4 Å². The molecule has 2 N–H and O–H groups in total. The van der Waals surface area contributed by atoms with Gasteiger partial charge in [0.2, 0.25) is 0 Å². The molecule has 0 bridgehead atoms. The first-order chi connectivity index (χ1) is 10.0. The number of nitrogens with two attached hydrogens (primary N) is 1. The molecular weight excluding hydrogens is 282 g/mol. The number of benzene rings is 2. The Hall–Kier alpha value is -1.81. The van der Waals surface area contributed by atoms with Crippen molar-refractivity contribution in [3.8, 4) is 5.75 Å². The van der Waals surface area contributed by atoms with E-state index in [-0.39, 0.29) is 0 Å². The van der Waals surface area contributed by atoms with Crippen molar-refractivity contribution in [2.45, 2.75) is 19.6 Å². The number of hydrogen-bond donors (Lipinski definition) is 1. The van der Waals surface area contributed by atoms with Crippen molar-refractivity contribution in [3.63, 3.8) is 0 Å². The van der Waals surface area contributed by atoms with Crippen LogP contribution in [-0.2, 0) is 16.6 Å². The maximum absolute atomic E-state index is 12.1. The summed E-state index contributed by atoms with van der Waals surface area (Å²) in [6.45, 7) is 4.56. The molecule has 2 aromatic rings. The van der Waals surface area contributed by atoms with Gasteiger partial charge in [-0.15, -0.1) is 0 Å². The Morgan fingerprint density at radius 1 is 1.05 bits per heavy atom. The monoisotopic (exact) mass is 303 g/mol. The van der Waals surface area contributed by atoms with Gasteiger partial charge in [0.1, 0.15) is 5.75 Å². The number of ether oxygens (including phenoxy) is 1. The molecule has 2 aromatic carbocycles. The first kappa shape index (κ1) is 15.6. The van der Waals surface area contributed by atoms with Crippen LogP contribution in [-0.4, -0.2) is 16.6 Å². The van der Waals surface area contributed by atoms with Gasteiger partial charge in [-0.1, -0.05) is 29.3 Å². The minimum absolute atomic E-state index is 0.446. The lowest BCUT2D eigenvalue weighted by Crippen LogP contribution is -2.10. The maximum Gasteiger partial charge on any atom is 0.119 e. The van der Waals surface area contributed by atoms with Crippen LogP contribution < -0.4 is 10.5 Å². The number of anilines is 1. The van der Waals surface area contributed by atoms with Gasteiger partial charge < -0.3 is 10.5 Å². The minimum Gasteiger partial charge on any atom is -0.493 e. The van der Waals surface area contributed by atoms with E-state index in [2.05, 4.69) is 32.0 Å². The number of rotatable bonds is 6. The summed E-state index contributed by atoms with van der Waals surface area (Å²) in [4.78, 5) is 0. The van der Waals surface area contributed by atoms with Crippen LogP contribution in [0, 0.1) is 13.8 Å². The Morgan fingerprint density at radius 2 is 1.67 bits per heavy atom. The van der Waals surface area contributed by atoms with E-state index in [1.165, 1.54) is 11.1 Å². The lowest BCUT2D eigenvalue weighted by molar-refractivity contribution is 0.342. The molecule has 0 aliphatic rings. The molecule has 0 spiro atoms. The number of aryl methyl sites for hydroxylation is 2. The van der Waals surface area contributed by atoms with Crippen molar-refractivity contribution in [2.75, 3.05) is 18.1 Å². The van der Waals surface area contributed by atoms with E-state index in [1.54, 1.807) is 12.1 Å². The average Bonchev–Trinajstić information content (AvgIpc) is 2.39. The van der Waals surface area contributed by atoms with Crippen LogP contribution >= 0.6 is 0 Å². The van der Waals surface area contributed by atoms with Crippen molar-refractivity contribution in [3.05, 3.63) is 59.2 Å². The second-order valence-electron chi connectivity index (χ2n) is 5.20. The van der Waals surface area contributed by atoms with E-state index in [4.69, 9.17) is 10.5 Å². The minimum atomic E-state index is -0.915. The molecule has 2 rings (SSSR count). The van der Waals surface area contributed by atoms with Crippen LogP contribution in [0.4, 0.5) is 5.69 Å². The summed E-state index contributed by atoms with van der Waals surface area (Å²) in [7, 11) is -0.915. The second kappa shape index (κ2) is 7.27. The maximum atomic E-state index is 12.1. The molecule has 0 saturated carbocycles. The molecule has 0 aliphatic heterocycles. The zero-order valence-electron chi connectivity index (χ0n) is 12.5. The van der Waals surface area contributed by atoms with Gasteiger partial charge >= 0.3 is 0 Å². The standard InChI is InChI=1S/C17H21NO2S/c1-13-9-14(2)11-15(10-13)12-21(19)8-7-20-17-5-3-16(18)4-6-17/h3-6,9-11H,7-8,12,18H2,1-2H3. The van der Waals surface area contributed by atoms with Crippen molar-refractivity contribution < 1.29 is 8.95 Å². The normalized spacial score (nSPS) is 12.1.